The number of phosphoric acid groups is 2. The molecule has 0 aromatic carbocycles. The van der Waals surface area contributed by atoms with Crippen LogP contribution in [0, 0.1) is 23.7 Å². The number of carbonyl (C=O) groups is 4. The zero-order valence-corrected chi connectivity index (χ0v) is 60.6. The third-order valence-electron chi connectivity index (χ3n) is 17.0. The van der Waals surface area contributed by atoms with Crippen LogP contribution in [0.2, 0.25) is 0 Å². The number of ether oxygens (including phenoxy) is 4. The van der Waals surface area contributed by atoms with E-state index in [0.29, 0.717) is 37.5 Å². The number of hydrogen-bond donors (Lipinski definition) is 3. The Morgan fingerprint density at radius 2 is 0.533 bits per heavy atom. The summed E-state index contributed by atoms with van der Waals surface area (Å²) >= 11 is 0. The van der Waals surface area contributed by atoms with Gasteiger partial charge in [-0.25, -0.2) is 9.13 Å². The summed E-state index contributed by atoms with van der Waals surface area (Å²) < 4.78 is 68.2. The minimum atomic E-state index is -4.95. The number of unbranched alkanes of at least 4 members (excludes halogenated alkanes) is 32. The third kappa shape index (κ3) is 62.2. The molecule has 0 aliphatic rings. The average molecular weight is 1330 g/mol. The van der Waals surface area contributed by atoms with Gasteiger partial charge >= 0.3 is 39.5 Å². The van der Waals surface area contributed by atoms with E-state index in [4.69, 9.17) is 37.0 Å². The highest BCUT2D eigenvalue weighted by atomic mass is 31.2. The number of carbonyl (C=O) groups excluding carboxylic acids is 4. The van der Waals surface area contributed by atoms with Gasteiger partial charge in [-0.1, -0.05) is 299 Å². The van der Waals surface area contributed by atoms with Crippen molar-refractivity contribution in [1.82, 2.24) is 0 Å². The molecule has 0 aromatic rings. The SMILES string of the molecule is CCC(C)CCCCCCCCCCCCCCCCC(=O)O[C@H](COC(=O)CCCCCCCCC(C)C)COP(=O)(O)OC[C@@H](O)COP(=O)(O)OC[C@@H](COC(=O)CCCCCCCCC(C)C)OC(=O)CCCCCCCCCCCCC(C)CC. The van der Waals surface area contributed by atoms with Gasteiger partial charge in [-0.15, -0.1) is 0 Å². The summed E-state index contributed by atoms with van der Waals surface area (Å²) in [6, 6.07) is 0. The fraction of sp³-hybridized carbons (Fsp3) is 0.944. The van der Waals surface area contributed by atoms with E-state index in [1.54, 1.807) is 0 Å². The van der Waals surface area contributed by atoms with Crippen molar-refractivity contribution < 1.29 is 80.2 Å². The minimum Gasteiger partial charge on any atom is -0.462 e. The number of rotatable bonds is 68. The first-order valence-electron chi connectivity index (χ1n) is 36.8. The molecule has 90 heavy (non-hydrogen) atoms. The largest absolute Gasteiger partial charge is 0.472 e. The van der Waals surface area contributed by atoms with Gasteiger partial charge in [0.05, 0.1) is 26.4 Å². The van der Waals surface area contributed by atoms with Crippen LogP contribution in [-0.4, -0.2) is 96.7 Å². The number of aliphatic hydroxyl groups excluding tert-OH is 1. The van der Waals surface area contributed by atoms with Crippen LogP contribution < -0.4 is 0 Å². The second-order valence-electron chi connectivity index (χ2n) is 27.1. The van der Waals surface area contributed by atoms with E-state index in [1.165, 1.54) is 141 Å². The maximum Gasteiger partial charge on any atom is 0.472 e. The second kappa shape index (κ2) is 60.7. The normalized spacial score (nSPS) is 14.9. The molecule has 0 aromatic heterocycles. The predicted octanol–water partition coefficient (Wildman–Crippen LogP) is 20.1. The van der Waals surface area contributed by atoms with E-state index >= 15 is 0 Å². The zero-order chi connectivity index (χ0) is 66.8. The molecule has 0 amide bonds. The molecule has 0 saturated carbocycles. The minimum absolute atomic E-state index is 0.105. The molecule has 0 aliphatic heterocycles. The Bertz CT molecular complexity index is 1790. The van der Waals surface area contributed by atoms with Gasteiger partial charge in [0.2, 0.25) is 0 Å². The van der Waals surface area contributed by atoms with Gasteiger partial charge < -0.3 is 33.8 Å². The monoisotopic (exact) mass is 1320 g/mol. The summed E-state index contributed by atoms with van der Waals surface area (Å²) in [6.45, 7) is 14.1. The van der Waals surface area contributed by atoms with Crippen LogP contribution in [0.15, 0.2) is 0 Å². The van der Waals surface area contributed by atoms with Crippen molar-refractivity contribution in [1.29, 1.82) is 0 Å². The second-order valence-corrected chi connectivity index (χ2v) is 30.0. The number of phosphoric ester groups is 2. The van der Waals surface area contributed by atoms with Gasteiger partial charge in [0.1, 0.15) is 19.3 Å². The van der Waals surface area contributed by atoms with E-state index in [1.807, 2.05) is 0 Å². The molecule has 0 fully saturated rings. The van der Waals surface area contributed by atoms with Crippen LogP contribution in [-0.2, 0) is 65.4 Å². The highest BCUT2D eigenvalue weighted by molar-refractivity contribution is 7.47. The van der Waals surface area contributed by atoms with Gasteiger partial charge in [-0.05, 0) is 49.4 Å². The van der Waals surface area contributed by atoms with Crippen molar-refractivity contribution in [2.45, 2.75) is 369 Å². The van der Waals surface area contributed by atoms with E-state index in [-0.39, 0.29) is 25.7 Å². The van der Waals surface area contributed by atoms with Crippen molar-refractivity contribution in [3.63, 3.8) is 0 Å². The molecule has 0 aliphatic carbocycles. The molecule has 3 N–H and O–H groups in total. The lowest BCUT2D eigenvalue weighted by Gasteiger charge is -2.21. The lowest BCUT2D eigenvalue weighted by Crippen LogP contribution is -2.30. The molecule has 0 bridgehead atoms. The topological polar surface area (TPSA) is 237 Å². The highest BCUT2D eigenvalue weighted by Crippen LogP contribution is 2.45. The highest BCUT2D eigenvalue weighted by Gasteiger charge is 2.30. The van der Waals surface area contributed by atoms with Gasteiger partial charge in [-0.2, -0.15) is 0 Å². The average Bonchev–Trinajstić information content (AvgIpc) is 3.14. The first-order chi connectivity index (χ1) is 43.2. The Kier molecular flexibility index (Phi) is 59.4. The molecule has 19 heteroatoms. The van der Waals surface area contributed by atoms with Gasteiger partial charge in [0.25, 0.3) is 0 Å². The Labute approximate surface area is 549 Å². The molecular weight excluding hydrogens is 1190 g/mol. The quantitative estimate of drug-likeness (QED) is 0.0222. The van der Waals surface area contributed by atoms with Gasteiger partial charge in [0.15, 0.2) is 12.2 Å². The number of aliphatic hydroxyl groups is 1. The van der Waals surface area contributed by atoms with Crippen molar-refractivity contribution in [2.24, 2.45) is 23.7 Å². The lowest BCUT2D eigenvalue weighted by atomic mass is 9.99. The molecule has 0 spiro atoms. The summed E-state index contributed by atoms with van der Waals surface area (Å²) in [4.78, 5) is 72.5. The first-order valence-corrected chi connectivity index (χ1v) is 39.8. The molecule has 0 rings (SSSR count). The van der Waals surface area contributed by atoms with Crippen molar-refractivity contribution in [3.05, 3.63) is 0 Å². The molecule has 4 unspecified atom stereocenters. The first kappa shape index (κ1) is 88.1. The summed E-state index contributed by atoms with van der Waals surface area (Å²) in [5.74, 6) is 0.876. The van der Waals surface area contributed by atoms with Crippen LogP contribution in [0.1, 0.15) is 351 Å². The van der Waals surface area contributed by atoms with E-state index in [0.717, 1.165) is 115 Å². The van der Waals surface area contributed by atoms with E-state index in [2.05, 4.69) is 55.4 Å². The van der Waals surface area contributed by atoms with Crippen molar-refractivity contribution in [2.75, 3.05) is 39.6 Å². The summed E-state index contributed by atoms with van der Waals surface area (Å²) in [6.07, 6.45) is 43.3. The summed E-state index contributed by atoms with van der Waals surface area (Å²) in [5, 5.41) is 10.6. The maximum absolute atomic E-state index is 13.0. The third-order valence-corrected chi connectivity index (χ3v) is 18.9. The predicted molar refractivity (Wildman–Crippen MR) is 363 cm³/mol. The Balaban J connectivity index is 5.20. The molecular formula is C71H138O17P2. The van der Waals surface area contributed by atoms with E-state index in [9.17, 15) is 43.2 Å². The molecule has 17 nitrogen and oxygen atoms in total. The molecule has 0 radical (unpaired) electrons. The summed E-state index contributed by atoms with van der Waals surface area (Å²) in [5.41, 5.74) is 0. The number of hydrogen-bond acceptors (Lipinski definition) is 15. The smallest absolute Gasteiger partial charge is 0.462 e. The fourth-order valence-electron chi connectivity index (χ4n) is 10.6. The Morgan fingerprint density at radius 1 is 0.311 bits per heavy atom. The summed E-state index contributed by atoms with van der Waals surface area (Å²) in [7, 11) is -9.90. The number of esters is 4. The molecule has 534 valence electrons. The lowest BCUT2D eigenvalue weighted by molar-refractivity contribution is -0.161. The van der Waals surface area contributed by atoms with Crippen LogP contribution in [0.3, 0.4) is 0 Å². The Hall–Kier alpha value is -1.94. The standard InChI is InChI=1S/C71H138O17P2/c1-9-63(7)49-41-33-23-19-15-13-11-12-14-16-21-25-37-45-53-70(75)87-66(57-81-68(73)51-43-35-29-27-31-39-47-61(3)4)59-85-89(77,78)83-55-65(72)56-84-90(79,80)86-60-67(58-82-69(74)52-44-36-30-28-32-40-48-62(5)6)88-71(76)54-46-38-26-22-18-17-20-24-34-42-50-64(8)10-2/h61-67,72H,9-60H2,1-8H3,(H,77,78)(H,79,80)/t63?,64?,65-,66-,67-/m1/s1. The maximum atomic E-state index is 13.0. The van der Waals surface area contributed by atoms with Crippen LogP contribution >= 0.6 is 15.6 Å². The van der Waals surface area contributed by atoms with Crippen LogP contribution in [0.5, 0.6) is 0 Å². The molecule has 7 atom stereocenters. The van der Waals surface area contributed by atoms with Crippen molar-refractivity contribution in [3.8, 4) is 0 Å². The van der Waals surface area contributed by atoms with Crippen molar-refractivity contribution >= 4 is 39.5 Å². The van der Waals surface area contributed by atoms with E-state index < -0.39 is 97.5 Å². The Morgan fingerprint density at radius 3 is 0.789 bits per heavy atom. The van der Waals surface area contributed by atoms with Crippen LogP contribution in [0.25, 0.3) is 0 Å². The van der Waals surface area contributed by atoms with Crippen LogP contribution in [0.4, 0.5) is 0 Å². The molecule has 0 saturated heterocycles. The zero-order valence-electron chi connectivity index (χ0n) is 58.8. The molecule has 0 heterocycles. The fourth-order valence-corrected chi connectivity index (χ4v) is 12.2. The van der Waals surface area contributed by atoms with Gasteiger partial charge in [-0.3, -0.25) is 37.3 Å². The van der Waals surface area contributed by atoms with Gasteiger partial charge in [0, 0.05) is 25.7 Å².